The highest BCUT2D eigenvalue weighted by atomic mass is 16.5. The Hall–Kier alpha value is -0.550. The Morgan fingerprint density at radius 1 is 1.33 bits per heavy atom. The van der Waals surface area contributed by atoms with E-state index in [4.69, 9.17) is 11.3 Å². The molecule has 1 rings (SSSR count). The normalized spacial score (nSPS) is 29.7. The summed E-state index contributed by atoms with van der Waals surface area (Å²) in [5.74, 6) is 0.797. The van der Waals surface area contributed by atoms with Gasteiger partial charge in [0.25, 0.3) is 0 Å². The quantitative estimate of drug-likeness (QED) is 0.589. The molecule has 2 nitrogen and oxygen atoms in total. The Morgan fingerprint density at radius 3 is 2.50 bits per heavy atom. The van der Waals surface area contributed by atoms with Crippen LogP contribution >= 0.6 is 0 Å². The fraction of sp³-hybridized carbons (Fsp3) is 0.900. The van der Waals surface area contributed by atoms with Crippen molar-refractivity contribution >= 4 is 0 Å². The lowest BCUT2D eigenvalue weighted by Crippen LogP contribution is -2.20. The van der Waals surface area contributed by atoms with E-state index in [-0.39, 0.29) is 0 Å². The van der Waals surface area contributed by atoms with Crippen LogP contribution in [0.5, 0.6) is 0 Å². The first-order valence-corrected chi connectivity index (χ1v) is 4.73. The maximum atomic E-state index is 6.70. The van der Waals surface area contributed by atoms with Crippen molar-refractivity contribution < 1.29 is 4.74 Å². The third-order valence-corrected chi connectivity index (χ3v) is 2.78. The van der Waals surface area contributed by atoms with Crippen LogP contribution in [0.2, 0.25) is 0 Å². The van der Waals surface area contributed by atoms with Gasteiger partial charge >= 0.3 is 0 Å². The van der Waals surface area contributed by atoms with Gasteiger partial charge in [0.15, 0.2) is 0 Å². The van der Waals surface area contributed by atoms with E-state index >= 15 is 0 Å². The Kier molecular flexibility index (Phi) is 4.10. The van der Waals surface area contributed by atoms with E-state index in [1.165, 1.54) is 25.7 Å². The van der Waals surface area contributed by atoms with Crippen molar-refractivity contribution in [3.05, 3.63) is 11.4 Å². The van der Waals surface area contributed by atoms with E-state index in [1.54, 1.807) is 7.11 Å². The minimum atomic E-state index is 0.495. The first-order valence-electron chi connectivity index (χ1n) is 4.73. The topological polar surface area (TPSA) is 13.6 Å². The van der Waals surface area contributed by atoms with E-state index in [9.17, 15) is 0 Å². The zero-order chi connectivity index (χ0) is 8.81. The number of nitrogens with zero attached hydrogens (tertiary/aromatic N) is 1. The summed E-state index contributed by atoms with van der Waals surface area (Å²) in [5.41, 5.74) is 0. The maximum absolute atomic E-state index is 6.70. The van der Waals surface area contributed by atoms with Crippen LogP contribution in [-0.2, 0) is 4.74 Å². The van der Waals surface area contributed by atoms with E-state index in [2.05, 4.69) is 4.85 Å². The zero-order valence-corrected chi connectivity index (χ0v) is 7.75. The second-order valence-electron chi connectivity index (χ2n) is 3.55. The predicted octanol–water partition coefficient (Wildman–Crippen LogP) is 2.50. The third-order valence-electron chi connectivity index (χ3n) is 2.78. The minimum Gasteiger partial charge on any atom is -0.381 e. The van der Waals surface area contributed by atoms with E-state index in [0.717, 1.165) is 12.3 Å². The zero-order valence-electron chi connectivity index (χ0n) is 7.75. The van der Waals surface area contributed by atoms with Gasteiger partial charge in [-0.15, -0.1) is 0 Å². The van der Waals surface area contributed by atoms with Gasteiger partial charge in [0, 0.05) is 13.5 Å². The molecule has 0 radical (unpaired) electrons. The van der Waals surface area contributed by atoms with Crippen LogP contribution in [0, 0.1) is 12.5 Å². The molecule has 1 fully saturated rings. The van der Waals surface area contributed by atoms with Crippen molar-refractivity contribution in [2.75, 3.05) is 13.7 Å². The second kappa shape index (κ2) is 5.16. The lowest BCUT2D eigenvalue weighted by Gasteiger charge is -2.26. The molecule has 0 unspecified atom stereocenters. The third kappa shape index (κ3) is 2.83. The second-order valence-corrected chi connectivity index (χ2v) is 3.55. The highest BCUT2D eigenvalue weighted by Crippen LogP contribution is 2.27. The molecule has 0 saturated heterocycles. The number of methoxy groups -OCH3 is 1. The van der Waals surface area contributed by atoms with Crippen LogP contribution in [0.25, 0.3) is 4.85 Å². The number of rotatable bonds is 3. The molecule has 1 aliphatic carbocycles. The van der Waals surface area contributed by atoms with Crippen LogP contribution in [-0.4, -0.2) is 19.8 Å². The monoisotopic (exact) mass is 167 g/mol. The number of hydrogen-bond acceptors (Lipinski definition) is 1. The molecule has 0 aromatic carbocycles. The Bertz CT molecular complexity index is 154. The Balaban J connectivity index is 2.14. The molecule has 0 bridgehead atoms. The first kappa shape index (κ1) is 9.54. The highest BCUT2D eigenvalue weighted by molar-refractivity contribution is 4.74. The summed E-state index contributed by atoms with van der Waals surface area (Å²) < 4.78 is 5.28. The van der Waals surface area contributed by atoms with Gasteiger partial charge in [0.1, 0.15) is 0 Å². The number of hydrogen-bond donors (Lipinski definition) is 0. The molecule has 0 N–H and O–H groups in total. The summed E-state index contributed by atoms with van der Waals surface area (Å²) in [6.07, 6.45) is 6.49. The SMILES string of the molecule is [C-]#[N+]CCC1CCC(OC)CC1. The molecule has 1 saturated carbocycles. The lowest BCUT2D eigenvalue weighted by molar-refractivity contribution is 0.0562. The summed E-state index contributed by atoms with van der Waals surface area (Å²) >= 11 is 0. The molecule has 0 heterocycles. The minimum absolute atomic E-state index is 0.495. The summed E-state index contributed by atoms with van der Waals surface area (Å²) in [4.78, 5) is 3.39. The summed E-state index contributed by atoms with van der Waals surface area (Å²) in [7, 11) is 1.80. The van der Waals surface area contributed by atoms with Crippen LogP contribution in [0.4, 0.5) is 0 Å². The predicted molar refractivity (Wildman–Crippen MR) is 48.8 cm³/mol. The molecule has 68 valence electrons. The largest absolute Gasteiger partial charge is 0.381 e. The van der Waals surface area contributed by atoms with E-state index in [1.807, 2.05) is 0 Å². The van der Waals surface area contributed by atoms with Crippen molar-refractivity contribution in [2.45, 2.75) is 38.2 Å². The highest BCUT2D eigenvalue weighted by Gasteiger charge is 2.20. The molecule has 0 atom stereocenters. The van der Waals surface area contributed by atoms with Gasteiger partial charge in [0.2, 0.25) is 6.54 Å². The van der Waals surface area contributed by atoms with Crippen LogP contribution in [0.3, 0.4) is 0 Å². The summed E-state index contributed by atoms with van der Waals surface area (Å²) in [6.45, 7) is 7.41. The van der Waals surface area contributed by atoms with Gasteiger partial charge in [-0.2, -0.15) is 0 Å². The van der Waals surface area contributed by atoms with Gasteiger partial charge in [-0.3, -0.25) is 0 Å². The summed E-state index contributed by atoms with van der Waals surface area (Å²) in [6, 6.07) is 0. The Labute approximate surface area is 74.7 Å². The van der Waals surface area contributed by atoms with Gasteiger partial charge in [-0.05, 0) is 31.6 Å². The molecule has 12 heavy (non-hydrogen) atoms. The van der Waals surface area contributed by atoms with Crippen molar-refractivity contribution in [3.8, 4) is 0 Å². The van der Waals surface area contributed by atoms with E-state index < -0.39 is 0 Å². The average Bonchev–Trinajstić information content (AvgIpc) is 2.15. The van der Waals surface area contributed by atoms with Crippen molar-refractivity contribution in [1.29, 1.82) is 0 Å². The van der Waals surface area contributed by atoms with Crippen molar-refractivity contribution in [1.82, 2.24) is 0 Å². The maximum Gasteiger partial charge on any atom is 0.214 e. The van der Waals surface area contributed by atoms with Crippen molar-refractivity contribution in [2.24, 2.45) is 5.92 Å². The molecule has 0 aromatic heterocycles. The van der Waals surface area contributed by atoms with Crippen LogP contribution in [0.1, 0.15) is 32.1 Å². The van der Waals surface area contributed by atoms with E-state index in [0.29, 0.717) is 12.6 Å². The molecule has 2 heteroatoms. The molecular formula is C10H17NO. The smallest absolute Gasteiger partial charge is 0.214 e. The van der Waals surface area contributed by atoms with Gasteiger partial charge in [-0.25, -0.2) is 6.57 Å². The fourth-order valence-corrected chi connectivity index (χ4v) is 1.90. The average molecular weight is 167 g/mol. The summed E-state index contributed by atoms with van der Waals surface area (Å²) in [5, 5.41) is 0. The molecule has 0 aromatic rings. The molecule has 0 aliphatic heterocycles. The van der Waals surface area contributed by atoms with Gasteiger partial charge in [0.05, 0.1) is 6.10 Å². The van der Waals surface area contributed by atoms with Crippen LogP contribution in [0.15, 0.2) is 0 Å². The Morgan fingerprint density at radius 2 is 2.00 bits per heavy atom. The van der Waals surface area contributed by atoms with Crippen molar-refractivity contribution in [3.63, 3.8) is 0 Å². The molecule has 0 spiro atoms. The van der Waals surface area contributed by atoms with Crippen LogP contribution < -0.4 is 0 Å². The number of ether oxygens (including phenoxy) is 1. The lowest BCUT2D eigenvalue weighted by atomic mass is 9.85. The molecular weight excluding hydrogens is 150 g/mol. The first-order chi connectivity index (χ1) is 5.86. The molecule has 0 amide bonds. The van der Waals surface area contributed by atoms with Gasteiger partial charge < -0.3 is 9.58 Å². The van der Waals surface area contributed by atoms with Gasteiger partial charge in [-0.1, -0.05) is 0 Å². The standard InChI is InChI=1S/C10H17NO/c1-11-8-7-9-3-5-10(12-2)6-4-9/h9-10H,3-8H2,2H3. The molecule has 1 aliphatic rings. The fourth-order valence-electron chi connectivity index (χ4n) is 1.90.